The third-order valence-corrected chi connectivity index (χ3v) is 9.00. The van der Waals surface area contributed by atoms with E-state index < -0.39 is 28.5 Å². The molecule has 0 radical (unpaired) electrons. The number of nitrogens with one attached hydrogen (secondary N) is 1. The average molecular weight is 611 g/mol. The number of halogens is 3. The minimum atomic E-state index is -4.25. The summed E-state index contributed by atoms with van der Waals surface area (Å²) in [5, 5.41) is 3.38. The van der Waals surface area contributed by atoms with Crippen molar-refractivity contribution in [2.24, 2.45) is 0 Å². The lowest BCUT2D eigenvalue weighted by atomic mass is 10.1. The SMILES string of the molecule is CCCNC(=O)C(CC)N(Cc1ccccc1Cl)C(=O)CN(c1cccc(Cl)c1Cl)S(=O)(=O)c1ccccc1. The molecule has 1 N–H and O–H groups in total. The standard InChI is InChI=1S/C28H30Cl3N3O4S/c1-3-17-32-28(36)24(4-2)33(18-20-11-8-9-14-22(20)29)26(35)19-34(25-16-10-15-23(30)27(25)31)39(37,38)21-12-6-5-7-13-21/h5-16,24H,3-4,17-19H2,1-2H3,(H,32,36). The summed E-state index contributed by atoms with van der Waals surface area (Å²) in [4.78, 5) is 28.5. The molecule has 0 aromatic heterocycles. The maximum absolute atomic E-state index is 14.0. The zero-order chi connectivity index (χ0) is 28.6. The Morgan fingerprint density at radius 1 is 0.872 bits per heavy atom. The van der Waals surface area contributed by atoms with E-state index >= 15 is 0 Å². The van der Waals surface area contributed by atoms with Crippen LogP contribution in [-0.2, 0) is 26.2 Å². The van der Waals surface area contributed by atoms with Crippen LogP contribution >= 0.6 is 34.8 Å². The molecule has 0 aliphatic rings. The Morgan fingerprint density at radius 3 is 2.15 bits per heavy atom. The molecule has 0 spiro atoms. The summed E-state index contributed by atoms with van der Waals surface area (Å²) in [5.74, 6) is -0.943. The van der Waals surface area contributed by atoms with Gasteiger partial charge in [0, 0.05) is 18.1 Å². The van der Waals surface area contributed by atoms with Gasteiger partial charge in [0.2, 0.25) is 11.8 Å². The van der Waals surface area contributed by atoms with E-state index in [1.54, 1.807) is 55.5 Å². The second-order valence-electron chi connectivity index (χ2n) is 8.73. The predicted octanol–water partition coefficient (Wildman–Crippen LogP) is 6.18. The van der Waals surface area contributed by atoms with Gasteiger partial charge in [0.05, 0.1) is 20.6 Å². The molecule has 208 valence electrons. The zero-order valence-corrected chi connectivity index (χ0v) is 24.7. The molecular weight excluding hydrogens is 581 g/mol. The summed E-state index contributed by atoms with van der Waals surface area (Å²) in [6, 6.07) is 18.4. The quantitative estimate of drug-likeness (QED) is 0.266. The van der Waals surface area contributed by atoms with Gasteiger partial charge in [-0.1, -0.05) is 91.1 Å². The van der Waals surface area contributed by atoms with Gasteiger partial charge in [0.15, 0.2) is 0 Å². The molecule has 0 aliphatic carbocycles. The summed E-state index contributed by atoms with van der Waals surface area (Å²) < 4.78 is 28.6. The molecule has 3 rings (SSSR count). The summed E-state index contributed by atoms with van der Waals surface area (Å²) >= 11 is 19.1. The fraction of sp³-hybridized carbons (Fsp3) is 0.286. The molecule has 7 nitrogen and oxygen atoms in total. The molecule has 1 atom stereocenters. The molecular formula is C28H30Cl3N3O4S. The third kappa shape index (κ3) is 7.45. The van der Waals surface area contributed by atoms with E-state index in [2.05, 4.69) is 5.32 Å². The highest BCUT2D eigenvalue weighted by Crippen LogP contribution is 2.35. The molecule has 39 heavy (non-hydrogen) atoms. The van der Waals surface area contributed by atoms with Crippen LogP contribution in [0.3, 0.4) is 0 Å². The molecule has 0 bridgehead atoms. The fourth-order valence-corrected chi connectivity index (χ4v) is 6.10. The third-order valence-electron chi connectivity index (χ3n) is 6.04. The Morgan fingerprint density at radius 2 is 1.51 bits per heavy atom. The summed E-state index contributed by atoms with van der Waals surface area (Å²) in [7, 11) is -4.25. The smallest absolute Gasteiger partial charge is 0.264 e. The average Bonchev–Trinajstić information content (AvgIpc) is 2.93. The van der Waals surface area contributed by atoms with E-state index in [0.717, 1.165) is 10.7 Å². The Hall–Kier alpha value is -2.78. The summed E-state index contributed by atoms with van der Waals surface area (Å²) in [5.41, 5.74) is 0.662. The number of carbonyl (C=O) groups is 2. The van der Waals surface area contributed by atoms with Gasteiger partial charge in [-0.05, 0) is 48.7 Å². The van der Waals surface area contributed by atoms with Crippen molar-refractivity contribution in [1.29, 1.82) is 0 Å². The van der Waals surface area contributed by atoms with Crippen molar-refractivity contribution in [3.63, 3.8) is 0 Å². The van der Waals surface area contributed by atoms with E-state index in [1.807, 2.05) is 6.92 Å². The summed E-state index contributed by atoms with van der Waals surface area (Å²) in [6.07, 6.45) is 1.02. The number of benzene rings is 3. The lowest BCUT2D eigenvalue weighted by molar-refractivity contribution is -0.140. The molecule has 0 saturated heterocycles. The number of hydrogen-bond donors (Lipinski definition) is 1. The number of sulfonamides is 1. The topological polar surface area (TPSA) is 86.8 Å². The van der Waals surface area contributed by atoms with Crippen molar-refractivity contribution in [3.05, 3.63) is 93.4 Å². The van der Waals surface area contributed by atoms with Gasteiger partial charge >= 0.3 is 0 Å². The van der Waals surface area contributed by atoms with Crippen molar-refractivity contribution >= 4 is 62.3 Å². The van der Waals surface area contributed by atoms with Crippen LogP contribution in [0.1, 0.15) is 32.3 Å². The van der Waals surface area contributed by atoms with Crippen molar-refractivity contribution in [2.45, 2.75) is 44.2 Å². The van der Waals surface area contributed by atoms with E-state index in [1.165, 1.54) is 29.2 Å². The Balaban J connectivity index is 2.09. The first kappa shape index (κ1) is 30.8. The van der Waals surface area contributed by atoms with Crippen LogP contribution in [0.4, 0.5) is 5.69 Å². The Bertz CT molecular complexity index is 1400. The lowest BCUT2D eigenvalue weighted by Crippen LogP contribution is -2.52. The first-order chi connectivity index (χ1) is 18.6. The van der Waals surface area contributed by atoms with Crippen molar-refractivity contribution in [1.82, 2.24) is 10.2 Å². The van der Waals surface area contributed by atoms with Crippen LogP contribution in [-0.4, -0.2) is 44.3 Å². The second kappa shape index (κ2) is 14.0. The first-order valence-corrected chi connectivity index (χ1v) is 15.0. The van der Waals surface area contributed by atoms with Crippen molar-refractivity contribution in [3.8, 4) is 0 Å². The normalized spacial score (nSPS) is 12.0. The highest BCUT2D eigenvalue weighted by molar-refractivity contribution is 7.92. The van der Waals surface area contributed by atoms with Gasteiger partial charge in [0.1, 0.15) is 12.6 Å². The minimum absolute atomic E-state index is 0.000932. The number of hydrogen-bond acceptors (Lipinski definition) is 4. The molecule has 2 amide bonds. The maximum atomic E-state index is 14.0. The van der Waals surface area contributed by atoms with Gasteiger partial charge in [-0.15, -0.1) is 0 Å². The van der Waals surface area contributed by atoms with Gasteiger partial charge in [-0.2, -0.15) is 0 Å². The first-order valence-electron chi connectivity index (χ1n) is 12.4. The van der Waals surface area contributed by atoms with Crippen LogP contribution in [0.5, 0.6) is 0 Å². The zero-order valence-electron chi connectivity index (χ0n) is 21.6. The maximum Gasteiger partial charge on any atom is 0.264 e. The van der Waals surface area contributed by atoms with Crippen LogP contribution in [0.2, 0.25) is 15.1 Å². The van der Waals surface area contributed by atoms with E-state index in [-0.39, 0.29) is 33.1 Å². The number of anilines is 1. The largest absolute Gasteiger partial charge is 0.354 e. The van der Waals surface area contributed by atoms with Crippen LogP contribution in [0.15, 0.2) is 77.7 Å². The molecule has 0 saturated carbocycles. The fourth-order valence-electron chi connectivity index (χ4n) is 4.01. The van der Waals surface area contributed by atoms with Gasteiger partial charge in [-0.3, -0.25) is 13.9 Å². The number of amides is 2. The van der Waals surface area contributed by atoms with Gasteiger partial charge in [-0.25, -0.2) is 8.42 Å². The highest BCUT2D eigenvalue weighted by atomic mass is 35.5. The summed E-state index contributed by atoms with van der Waals surface area (Å²) in [6.45, 7) is 3.53. The number of carbonyl (C=O) groups excluding carboxylic acids is 2. The van der Waals surface area contributed by atoms with E-state index in [4.69, 9.17) is 34.8 Å². The molecule has 1 unspecified atom stereocenters. The van der Waals surface area contributed by atoms with Crippen LogP contribution in [0, 0.1) is 0 Å². The predicted molar refractivity (Wildman–Crippen MR) is 157 cm³/mol. The molecule has 0 heterocycles. The van der Waals surface area contributed by atoms with Crippen LogP contribution in [0.25, 0.3) is 0 Å². The number of rotatable bonds is 12. The van der Waals surface area contributed by atoms with Crippen molar-refractivity contribution < 1.29 is 18.0 Å². The van der Waals surface area contributed by atoms with Crippen molar-refractivity contribution in [2.75, 3.05) is 17.4 Å². The second-order valence-corrected chi connectivity index (χ2v) is 11.8. The lowest BCUT2D eigenvalue weighted by Gasteiger charge is -2.33. The Kier molecular flexibility index (Phi) is 11.1. The van der Waals surface area contributed by atoms with Gasteiger partial charge < -0.3 is 10.2 Å². The Labute approximate surface area is 244 Å². The molecule has 11 heteroatoms. The van der Waals surface area contributed by atoms with E-state index in [0.29, 0.717) is 23.6 Å². The molecule has 0 aliphatic heterocycles. The molecule has 3 aromatic carbocycles. The minimum Gasteiger partial charge on any atom is -0.354 e. The highest BCUT2D eigenvalue weighted by Gasteiger charge is 2.34. The molecule has 3 aromatic rings. The number of nitrogens with zero attached hydrogens (tertiary/aromatic N) is 2. The molecule has 0 fully saturated rings. The van der Waals surface area contributed by atoms with Gasteiger partial charge in [0.25, 0.3) is 10.0 Å². The monoisotopic (exact) mass is 609 g/mol. The van der Waals surface area contributed by atoms with E-state index in [9.17, 15) is 18.0 Å². The van der Waals surface area contributed by atoms with Crippen LogP contribution < -0.4 is 9.62 Å².